The van der Waals surface area contributed by atoms with Crippen molar-refractivity contribution in [3.8, 4) is 17.0 Å². The maximum absolute atomic E-state index is 12.4. The molecule has 144 valence electrons. The summed E-state index contributed by atoms with van der Waals surface area (Å²) < 4.78 is 12.0. The lowest BCUT2D eigenvalue weighted by atomic mass is 9.79. The number of likely N-dealkylation sites (tertiary alicyclic amines) is 1. The molecule has 0 bridgehead atoms. The van der Waals surface area contributed by atoms with Crippen LogP contribution in [0.2, 0.25) is 5.02 Å². The molecule has 1 aromatic heterocycles. The van der Waals surface area contributed by atoms with Gasteiger partial charge in [0.05, 0.1) is 5.02 Å². The van der Waals surface area contributed by atoms with Crippen molar-refractivity contribution in [3.05, 3.63) is 34.5 Å². The normalized spacial score (nSPS) is 17.9. The Morgan fingerprint density at radius 3 is 2.70 bits per heavy atom. The van der Waals surface area contributed by atoms with E-state index in [0.29, 0.717) is 36.7 Å². The third-order valence-corrected chi connectivity index (χ3v) is 5.44. The lowest BCUT2D eigenvalue weighted by Gasteiger charge is -2.44. The van der Waals surface area contributed by atoms with Crippen LogP contribution in [-0.2, 0) is 10.3 Å². The van der Waals surface area contributed by atoms with Crippen LogP contribution in [0.25, 0.3) is 11.3 Å². The number of nitrogens with zero attached hydrogens (tertiary/aromatic N) is 2. The number of aryl methyl sites for hydroxylation is 1. The molecule has 1 N–H and O–H groups in total. The minimum atomic E-state index is -0.539. The third kappa shape index (κ3) is 3.06. The Labute approximate surface area is 163 Å². The Morgan fingerprint density at radius 2 is 2.04 bits per heavy atom. The van der Waals surface area contributed by atoms with Gasteiger partial charge in [0, 0.05) is 42.8 Å². The zero-order valence-corrected chi connectivity index (χ0v) is 16.8. The molecule has 2 aliphatic rings. The maximum Gasteiger partial charge on any atom is 0.410 e. The fourth-order valence-corrected chi connectivity index (χ4v) is 4.17. The second-order valence-electron chi connectivity index (χ2n) is 8.25. The summed E-state index contributed by atoms with van der Waals surface area (Å²) in [5, 5.41) is 8.20. The first-order valence-corrected chi connectivity index (χ1v) is 9.59. The standard InChI is InChI=1S/C20H24ClN3O3/c1-12-15-16(23-22-12)13-6-5-7-14(21)17(13)26-20(15)8-10-24(11-9-20)18(25)27-19(2,3)4/h5-7H,8-11H2,1-4H3,(H,22,23). The highest BCUT2D eigenvalue weighted by Gasteiger charge is 2.47. The number of H-pyrrole nitrogens is 1. The van der Waals surface area contributed by atoms with Crippen molar-refractivity contribution in [2.75, 3.05) is 13.1 Å². The number of para-hydroxylation sites is 1. The summed E-state index contributed by atoms with van der Waals surface area (Å²) in [5.74, 6) is 0.670. The topological polar surface area (TPSA) is 67.5 Å². The van der Waals surface area contributed by atoms with E-state index in [9.17, 15) is 4.79 Å². The number of nitrogens with one attached hydrogen (secondary N) is 1. The number of aromatic amines is 1. The van der Waals surface area contributed by atoms with E-state index in [1.807, 2.05) is 45.9 Å². The summed E-state index contributed by atoms with van der Waals surface area (Å²) in [7, 11) is 0. The number of amides is 1. The SMILES string of the molecule is Cc1[nH]nc2c1C1(CCN(C(=O)OC(C)(C)C)CC1)Oc1c(Cl)cccc1-2. The largest absolute Gasteiger partial charge is 0.480 e. The number of halogens is 1. The smallest absolute Gasteiger partial charge is 0.410 e. The first-order valence-electron chi connectivity index (χ1n) is 9.21. The van der Waals surface area contributed by atoms with Gasteiger partial charge in [0.1, 0.15) is 22.6 Å². The lowest BCUT2D eigenvalue weighted by Crippen LogP contribution is -2.50. The number of benzene rings is 1. The first kappa shape index (κ1) is 18.2. The summed E-state index contributed by atoms with van der Waals surface area (Å²) >= 11 is 6.42. The van der Waals surface area contributed by atoms with Gasteiger partial charge < -0.3 is 14.4 Å². The minimum Gasteiger partial charge on any atom is -0.480 e. The molecule has 0 radical (unpaired) electrons. The number of carbonyl (C=O) groups excluding carboxylic acids is 1. The molecule has 3 heterocycles. The van der Waals surface area contributed by atoms with Crippen molar-refractivity contribution in [2.24, 2.45) is 0 Å². The maximum atomic E-state index is 12.4. The number of fused-ring (bicyclic) bond motifs is 4. The molecule has 2 aromatic rings. The fourth-order valence-electron chi connectivity index (χ4n) is 3.96. The van der Waals surface area contributed by atoms with Gasteiger partial charge in [-0.1, -0.05) is 17.7 Å². The summed E-state index contributed by atoms with van der Waals surface area (Å²) in [4.78, 5) is 14.2. The molecule has 1 fully saturated rings. The molecule has 4 rings (SSSR count). The Balaban J connectivity index is 1.65. The van der Waals surface area contributed by atoms with Gasteiger partial charge in [0.2, 0.25) is 0 Å². The lowest BCUT2D eigenvalue weighted by molar-refractivity contribution is -0.0218. The minimum absolute atomic E-state index is 0.282. The Morgan fingerprint density at radius 1 is 1.33 bits per heavy atom. The Hall–Kier alpha value is -2.21. The van der Waals surface area contributed by atoms with E-state index in [1.54, 1.807) is 4.90 Å². The number of piperidine rings is 1. The molecular formula is C20H24ClN3O3. The van der Waals surface area contributed by atoms with E-state index in [0.717, 1.165) is 22.5 Å². The molecule has 1 saturated heterocycles. The molecular weight excluding hydrogens is 366 g/mol. The van der Waals surface area contributed by atoms with E-state index >= 15 is 0 Å². The molecule has 1 spiro atoms. The van der Waals surface area contributed by atoms with Gasteiger partial charge in [-0.25, -0.2) is 4.79 Å². The number of ether oxygens (including phenoxy) is 2. The van der Waals surface area contributed by atoms with Crippen molar-refractivity contribution < 1.29 is 14.3 Å². The van der Waals surface area contributed by atoms with E-state index in [4.69, 9.17) is 21.1 Å². The first-order chi connectivity index (χ1) is 12.7. The Kier molecular flexibility index (Phi) is 4.14. The number of rotatable bonds is 0. The molecule has 0 aliphatic carbocycles. The second kappa shape index (κ2) is 6.16. The number of hydrogen-bond acceptors (Lipinski definition) is 4. The van der Waals surface area contributed by atoms with Gasteiger partial charge in [0.25, 0.3) is 0 Å². The third-order valence-electron chi connectivity index (χ3n) is 5.15. The van der Waals surface area contributed by atoms with Crippen LogP contribution >= 0.6 is 11.6 Å². The molecule has 6 nitrogen and oxygen atoms in total. The molecule has 0 unspecified atom stereocenters. The summed E-state index contributed by atoms with van der Waals surface area (Å²) in [6, 6.07) is 5.71. The van der Waals surface area contributed by atoms with Crippen LogP contribution in [0.5, 0.6) is 5.75 Å². The Bertz CT molecular complexity index is 892. The summed E-state index contributed by atoms with van der Waals surface area (Å²) in [6.45, 7) is 8.74. The van der Waals surface area contributed by atoms with Crippen molar-refractivity contribution in [3.63, 3.8) is 0 Å². The zero-order valence-electron chi connectivity index (χ0n) is 16.1. The van der Waals surface area contributed by atoms with Gasteiger partial charge in [-0.3, -0.25) is 5.10 Å². The molecule has 0 saturated carbocycles. The number of hydrogen-bond donors (Lipinski definition) is 1. The summed E-state index contributed by atoms with van der Waals surface area (Å²) in [5.41, 5.74) is 2.81. The van der Waals surface area contributed by atoms with Gasteiger partial charge in [-0.15, -0.1) is 0 Å². The van der Waals surface area contributed by atoms with E-state index in [-0.39, 0.29) is 6.09 Å². The molecule has 2 aliphatic heterocycles. The number of carbonyl (C=O) groups is 1. The second-order valence-corrected chi connectivity index (χ2v) is 8.66. The van der Waals surface area contributed by atoms with Crippen molar-refractivity contribution in [2.45, 2.75) is 51.7 Å². The van der Waals surface area contributed by atoms with Crippen LogP contribution in [0.4, 0.5) is 4.79 Å². The van der Waals surface area contributed by atoms with E-state index in [2.05, 4.69) is 10.2 Å². The van der Waals surface area contributed by atoms with Crippen molar-refractivity contribution in [1.82, 2.24) is 15.1 Å². The molecule has 0 atom stereocenters. The fraction of sp³-hybridized carbons (Fsp3) is 0.500. The van der Waals surface area contributed by atoms with E-state index < -0.39 is 11.2 Å². The van der Waals surface area contributed by atoms with Crippen LogP contribution in [-0.4, -0.2) is 39.9 Å². The van der Waals surface area contributed by atoms with E-state index in [1.165, 1.54) is 0 Å². The average molecular weight is 390 g/mol. The average Bonchev–Trinajstić information content (AvgIpc) is 2.98. The molecule has 27 heavy (non-hydrogen) atoms. The highest BCUT2D eigenvalue weighted by atomic mass is 35.5. The van der Waals surface area contributed by atoms with Gasteiger partial charge in [-0.05, 0) is 39.8 Å². The number of aromatic nitrogens is 2. The van der Waals surface area contributed by atoms with Crippen LogP contribution in [0.3, 0.4) is 0 Å². The van der Waals surface area contributed by atoms with Gasteiger partial charge in [-0.2, -0.15) is 5.10 Å². The predicted molar refractivity (Wildman–Crippen MR) is 103 cm³/mol. The monoisotopic (exact) mass is 389 g/mol. The predicted octanol–water partition coefficient (Wildman–Crippen LogP) is 4.66. The van der Waals surface area contributed by atoms with Gasteiger partial charge in [0.15, 0.2) is 0 Å². The summed E-state index contributed by atoms with van der Waals surface area (Å²) in [6.07, 6.45) is 1.03. The van der Waals surface area contributed by atoms with Crippen LogP contribution < -0.4 is 4.74 Å². The highest BCUT2D eigenvalue weighted by Crippen LogP contribution is 2.52. The van der Waals surface area contributed by atoms with Crippen LogP contribution in [0.1, 0.15) is 44.9 Å². The van der Waals surface area contributed by atoms with Gasteiger partial charge >= 0.3 is 6.09 Å². The van der Waals surface area contributed by atoms with Crippen LogP contribution in [0.15, 0.2) is 18.2 Å². The highest BCUT2D eigenvalue weighted by molar-refractivity contribution is 6.32. The molecule has 1 aromatic carbocycles. The quantitative estimate of drug-likeness (QED) is 0.711. The molecule has 1 amide bonds. The zero-order chi connectivity index (χ0) is 19.4. The van der Waals surface area contributed by atoms with Crippen LogP contribution in [0, 0.1) is 6.92 Å². The molecule has 7 heteroatoms. The van der Waals surface area contributed by atoms with Crippen molar-refractivity contribution >= 4 is 17.7 Å². The van der Waals surface area contributed by atoms with Crippen molar-refractivity contribution in [1.29, 1.82) is 0 Å².